The number of hydrogen-bond acceptors (Lipinski definition) is 3. The molecule has 1 rings (SSSR count). The largest absolute Gasteiger partial charge is 0.494 e. The Morgan fingerprint density at radius 2 is 2.21 bits per heavy atom. The molecule has 78 valence electrons. The van der Waals surface area contributed by atoms with Crippen LogP contribution in [0.5, 0.6) is 5.75 Å². The van der Waals surface area contributed by atoms with E-state index in [2.05, 4.69) is 0 Å². The lowest BCUT2D eigenvalue weighted by molar-refractivity contribution is 0.181. The van der Waals surface area contributed by atoms with Gasteiger partial charge in [-0.2, -0.15) is 0 Å². The molecule has 3 nitrogen and oxygen atoms in total. The van der Waals surface area contributed by atoms with E-state index in [1.165, 1.54) is 0 Å². The highest BCUT2D eigenvalue weighted by molar-refractivity contribution is 5.30. The molecule has 0 saturated carbocycles. The molecule has 1 unspecified atom stereocenters. The third-order valence-corrected chi connectivity index (χ3v) is 1.94. The van der Waals surface area contributed by atoms with Crippen molar-refractivity contribution in [3.8, 4) is 5.75 Å². The first-order chi connectivity index (χ1) is 6.77. The van der Waals surface area contributed by atoms with Crippen LogP contribution in [-0.4, -0.2) is 20.3 Å². The quantitative estimate of drug-likeness (QED) is 0.778. The summed E-state index contributed by atoms with van der Waals surface area (Å²) in [5.74, 6) is 0.858. The fourth-order valence-electron chi connectivity index (χ4n) is 1.28. The standard InChI is InChI=1S/C11H17NO2/c1-3-14-10-6-4-5-9(7-10)11(12)8-13-2/h4-7,11H,3,8,12H2,1-2H3. The van der Waals surface area contributed by atoms with Crippen LogP contribution in [0.15, 0.2) is 24.3 Å². The normalized spacial score (nSPS) is 12.5. The smallest absolute Gasteiger partial charge is 0.119 e. The molecule has 0 heterocycles. The van der Waals surface area contributed by atoms with Crippen LogP contribution < -0.4 is 10.5 Å². The second-order valence-electron chi connectivity index (χ2n) is 3.07. The van der Waals surface area contributed by atoms with Crippen LogP contribution in [0.25, 0.3) is 0 Å². The van der Waals surface area contributed by atoms with Crippen molar-refractivity contribution in [3.63, 3.8) is 0 Å². The minimum atomic E-state index is -0.0830. The first-order valence-electron chi connectivity index (χ1n) is 4.75. The summed E-state index contributed by atoms with van der Waals surface area (Å²) in [5, 5.41) is 0. The lowest BCUT2D eigenvalue weighted by Crippen LogP contribution is -2.15. The molecule has 0 bridgehead atoms. The Morgan fingerprint density at radius 1 is 1.43 bits per heavy atom. The molecule has 0 fully saturated rings. The van der Waals surface area contributed by atoms with Crippen LogP contribution in [0, 0.1) is 0 Å². The highest BCUT2D eigenvalue weighted by Gasteiger charge is 2.05. The summed E-state index contributed by atoms with van der Waals surface area (Å²) in [6.45, 7) is 3.15. The van der Waals surface area contributed by atoms with Gasteiger partial charge in [0.05, 0.1) is 19.3 Å². The van der Waals surface area contributed by atoms with Crippen molar-refractivity contribution in [2.45, 2.75) is 13.0 Å². The van der Waals surface area contributed by atoms with Crippen molar-refractivity contribution < 1.29 is 9.47 Å². The van der Waals surface area contributed by atoms with Crippen LogP contribution in [0.2, 0.25) is 0 Å². The van der Waals surface area contributed by atoms with E-state index in [-0.39, 0.29) is 6.04 Å². The van der Waals surface area contributed by atoms with E-state index in [0.717, 1.165) is 11.3 Å². The zero-order chi connectivity index (χ0) is 10.4. The molecular formula is C11H17NO2. The topological polar surface area (TPSA) is 44.5 Å². The zero-order valence-corrected chi connectivity index (χ0v) is 8.69. The van der Waals surface area contributed by atoms with Crippen molar-refractivity contribution >= 4 is 0 Å². The van der Waals surface area contributed by atoms with Crippen molar-refractivity contribution in [1.82, 2.24) is 0 Å². The Labute approximate surface area is 84.8 Å². The van der Waals surface area contributed by atoms with Gasteiger partial charge in [-0.15, -0.1) is 0 Å². The van der Waals surface area contributed by atoms with E-state index < -0.39 is 0 Å². The molecule has 0 aromatic heterocycles. The first-order valence-corrected chi connectivity index (χ1v) is 4.75. The number of ether oxygens (including phenoxy) is 2. The second kappa shape index (κ2) is 5.62. The van der Waals surface area contributed by atoms with Crippen molar-refractivity contribution in [2.24, 2.45) is 5.73 Å². The Morgan fingerprint density at radius 3 is 2.86 bits per heavy atom. The first kappa shape index (κ1) is 11.0. The van der Waals surface area contributed by atoms with Gasteiger partial charge in [-0.1, -0.05) is 12.1 Å². The fraction of sp³-hybridized carbons (Fsp3) is 0.455. The van der Waals surface area contributed by atoms with Gasteiger partial charge in [-0.3, -0.25) is 0 Å². The number of methoxy groups -OCH3 is 1. The van der Waals surface area contributed by atoms with Crippen LogP contribution in [0.4, 0.5) is 0 Å². The monoisotopic (exact) mass is 195 g/mol. The summed E-state index contributed by atoms with van der Waals surface area (Å²) in [4.78, 5) is 0. The summed E-state index contributed by atoms with van der Waals surface area (Å²) in [6.07, 6.45) is 0. The van der Waals surface area contributed by atoms with Gasteiger partial charge >= 0.3 is 0 Å². The number of rotatable bonds is 5. The van der Waals surface area contributed by atoms with Crippen LogP contribution in [-0.2, 0) is 4.74 Å². The van der Waals surface area contributed by atoms with E-state index in [1.54, 1.807) is 7.11 Å². The summed E-state index contributed by atoms with van der Waals surface area (Å²) >= 11 is 0. The van der Waals surface area contributed by atoms with E-state index in [9.17, 15) is 0 Å². The van der Waals surface area contributed by atoms with Gasteiger partial charge in [0.2, 0.25) is 0 Å². The van der Waals surface area contributed by atoms with Crippen molar-refractivity contribution in [1.29, 1.82) is 0 Å². The Hall–Kier alpha value is -1.06. The van der Waals surface area contributed by atoms with Crippen LogP contribution in [0.1, 0.15) is 18.5 Å². The molecule has 0 amide bonds. The minimum absolute atomic E-state index is 0.0830. The fourth-order valence-corrected chi connectivity index (χ4v) is 1.28. The Bertz CT molecular complexity index is 276. The molecule has 0 aliphatic rings. The lowest BCUT2D eigenvalue weighted by Gasteiger charge is -2.12. The van der Waals surface area contributed by atoms with Gasteiger partial charge in [0.25, 0.3) is 0 Å². The van der Waals surface area contributed by atoms with Gasteiger partial charge in [-0.05, 0) is 24.6 Å². The lowest BCUT2D eigenvalue weighted by atomic mass is 10.1. The molecular weight excluding hydrogens is 178 g/mol. The molecule has 1 aromatic carbocycles. The molecule has 2 N–H and O–H groups in total. The maximum atomic E-state index is 5.89. The number of benzene rings is 1. The summed E-state index contributed by atoms with van der Waals surface area (Å²) in [6, 6.07) is 7.71. The maximum absolute atomic E-state index is 5.89. The predicted octanol–water partition coefficient (Wildman–Crippen LogP) is 1.73. The third-order valence-electron chi connectivity index (χ3n) is 1.94. The Kier molecular flexibility index (Phi) is 4.43. The van der Waals surface area contributed by atoms with Gasteiger partial charge in [0.15, 0.2) is 0 Å². The third kappa shape index (κ3) is 3.01. The molecule has 0 aliphatic heterocycles. The molecule has 0 spiro atoms. The van der Waals surface area contributed by atoms with Gasteiger partial charge in [0.1, 0.15) is 5.75 Å². The average Bonchev–Trinajstić information content (AvgIpc) is 2.19. The highest BCUT2D eigenvalue weighted by Crippen LogP contribution is 2.17. The second-order valence-corrected chi connectivity index (χ2v) is 3.07. The maximum Gasteiger partial charge on any atom is 0.119 e. The van der Waals surface area contributed by atoms with E-state index in [1.807, 2.05) is 31.2 Å². The number of hydrogen-bond donors (Lipinski definition) is 1. The Balaban J connectivity index is 2.71. The molecule has 0 radical (unpaired) electrons. The summed E-state index contributed by atoms with van der Waals surface area (Å²) in [5.41, 5.74) is 6.93. The molecule has 1 aromatic rings. The summed E-state index contributed by atoms with van der Waals surface area (Å²) < 4.78 is 10.4. The van der Waals surface area contributed by atoms with E-state index >= 15 is 0 Å². The van der Waals surface area contributed by atoms with Crippen molar-refractivity contribution in [2.75, 3.05) is 20.3 Å². The average molecular weight is 195 g/mol. The van der Waals surface area contributed by atoms with Crippen molar-refractivity contribution in [3.05, 3.63) is 29.8 Å². The minimum Gasteiger partial charge on any atom is -0.494 e. The predicted molar refractivity (Wildman–Crippen MR) is 56.4 cm³/mol. The SMILES string of the molecule is CCOc1cccc(C(N)COC)c1. The molecule has 1 atom stereocenters. The van der Waals surface area contributed by atoms with Gasteiger partial charge in [0, 0.05) is 7.11 Å². The van der Waals surface area contributed by atoms with E-state index in [0.29, 0.717) is 13.2 Å². The van der Waals surface area contributed by atoms with Gasteiger partial charge < -0.3 is 15.2 Å². The van der Waals surface area contributed by atoms with Crippen LogP contribution >= 0.6 is 0 Å². The molecule has 3 heteroatoms. The molecule has 0 aliphatic carbocycles. The van der Waals surface area contributed by atoms with E-state index in [4.69, 9.17) is 15.2 Å². The molecule has 0 saturated heterocycles. The van der Waals surface area contributed by atoms with Crippen LogP contribution in [0.3, 0.4) is 0 Å². The zero-order valence-electron chi connectivity index (χ0n) is 8.69. The van der Waals surface area contributed by atoms with Gasteiger partial charge in [-0.25, -0.2) is 0 Å². The number of nitrogens with two attached hydrogens (primary N) is 1. The highest BCUT2D eigenvalue weighted by atomic mass is 16.5. The molecule has 14 heavy (non-hydrogen) atoms. The summed E-state index contributed by atoms with van der Waals surface area (Å²) in [7, 11) is 1.65.